The number of fused-ring (bicyclic) bond motifs is 1. The minimum Gasteiger partial charge on any atom is -0.365 e. The van der Waals surface area contributed by atoms with Gasteiger partial charge in [0.2, 0.25) is 0 Å². The Balaban J connectivity index is 1.95. The average molecular weight is 394 g/mol. The zero-order chi connectivity index (χ0) is 13.9. The summed E-state index contributed by atoms with van der Waals surface area (Å²) in [5.41, 5.74) is 1.99. The smallest absolute Gasteiger partial charge is 0.137 e. The van der Waals surface area contributed by atoms with Crippen LogP contribution in [-0.4, -0.2) is 15.0 Å². The second kappa shape index (κ2) is 5.85. The van der Waals surface area contributed by atoms with Gasteiger partial charge in [-0.3, -0.25) is 4.98 Å². The summed E-state index contributed by atoms with van der Waals surface area (Å²) in [7, 11) is 0. The summed E-state index contributed by atoms with van der Waals surface area (Å²) in [6.45, 7) is 0.671. The van der Waals surface area contributed by atoms with E-state index in [9.17, 15) is 0 Å². The summed E-state index contributed by atoms with van der Waals surface area (Å²) in [5.74, 6) is 0.806. The molecule has 2 aromatic heterocycles. The van der Waals surface area contributed by atoms with Crippen molar-refractivity contribution in [3.8, 4) is 0 Å². The molecular formula is C14H10Br2N4. The Labute approximate surface area is 132 Å². The maximum Gasteiger partial charge on any atom is 0.137 e. The van der Waals surface area contributed by atoms with E-state index in [0.29, 0.717) is 6.54 Å². The molecule has 2 heterocycles. The first-order valence-corrected chi connectivity index (χ1v) is 7.55. The number of hydrogen-bond acceptors (Lipinski definition) is 4. The third-order valence-electron chi connectivity index (χ3n) is 2.84. The molecule has 20 heavy (non-hydrogen) atoms. The van der Waals surface area contributed by atoms with Gasteiger partial charge in [0.05, 0.1) is 5.52 Å². The number of halogens is 2. The molecule has 0 spiro atoms. The topological polar surface area (TPSA) is 50.7 Å². The summed E-state index contributed by atoms with van der Waals surface area (Å²) in [4.78, 5) is 12.7. The third kappa shape index (κ3) is 2.81. The maximum atomic E-state index is 4.32. The lowest BCUT2D eigenvalue weighted by atomic mass is 10.2. The minimum absolute atomic E-state index is 0.671. The first-order chi connectivity index (χ1) is 9.74. The van der Waals surface area contributed by atoms with Crippen LogP contribution in [0.25, 0.3) is 10.9 Å². The van der Waals surface area contributed by atoms with Crippen LogP contribution in [0, 0.1) is 0 Å². The van der Waals surface area contributed by atoms with E-state index in [1.807, 2.05) is 30.5 Å². The van der Waals surface area contributed by atoms with Crippen LogP contribution in [0.4, 0.5) is 5.82 Å². The molecule has 4 nitrogen and oxygen atoms in total. The van der Waals surface area contributed by atoms with Crippen molar-refractivity contribution >= 4 is 48.6 Å². The van der Waals surface area contributed by atoms with Crippen LogP contribution >= 0.6 is 31.9 Å². The molecule has 0 saturated carbocycles. The number of benzene rings is 1. The van der Waals surface area contributed by atoms with Crippen LogP contribution < -0.4 is 5.32 Å². The number of rotatable bonds is 3. The van der Waals surface area contributed by atoms with Crippen molar-refractivity contribution in [3.63, 3.8) is 0 Å². The number of pyridine rings is 1. The normalized spacial score (nSPS) is 10.7. The second-order valence-electron chi connectivity index (χ2n) is 4.22. The summed E-state index contributed by atoms with van der Waals surface area (Å²) in [5, 5.41) is 4.30. The molecule has 0 bridgehead atoms. The molecule has 0 atom stereocenters. The number of anilines is 1. The molecule has 0 fully saturated rings. The lowest BCUT2D eigenvalue weighted by Crippen LogP contribution is -2.03. The van der Waals surface area contributed by atoms with E-state index < -0.39 is 0 Å². The van der Waals surface area contributed by atoms with Gasteiger partial charge in [0.15, 0.2) is 0 Å². The number of hydrogen-bond donors (Lipinski definition) is 1. The lowest BCUT2D eigenvalue weighted by molar-refractivity contribution is 1.08. The molecule has 3 rings (SSSR count). The Hall–Kier alpha value is -1.53. The molecule has 0 unspecified atom stereocenters. The van der Waals surface area contributed by atoms with Gasteiger partial charge in [-0.1, -0.05) is 22.0 Å². The highest BCUT2D eigenvalue weighted by Crippen LogP contribution is 2.30. The van der Waals surface area contributed by atoms with Gasteiger partial charge in [-0.15, -0.1) is 0 Å². The van der Waals surface area contributed by atoms with Gasteiger partial charge in [-0.05, 0) is 39.7 Å². The van der Waals surface area contributed by atoms with E-state index >= 15 is 0 Å². The Morgan fingerprint density at radius 1 is 1.15 bits per heavy atom. The number of nitrogens with one attached hydrogen (secondary N) is 1. The monoisotopic (exact) mass is 392 g/mol. The molecule has 100 valence electrons. The van der Waals surface area contributed by atoms with Crippen molar-refractivity contribution < 1.29 is 0 Å². The predicted octanol–water partition coefficient (Wildman–Crippen LogP) is 4.16. The molecule has 0 aliphatic rings. The fraction of sp³-hybridized carbons (Fsp3) is 0.0714. The SMILES string of the molecule is Brc1cc(Br)c2ncnc(NCc3cccnc3)c2c1. The van der Waals surface area contributed by atoms with Gasteiger partial charge in [0.1, 0.15) is 12.1 Å². The highest BCUT2D eigenvalue weighted by Gasteiger charge is 2.07. The van der Waals surface area contributed by atoms with Crippen LogP contribution in [-0.2, 0) is 6.54 Å². The van der Waals surface area contributed by atoms with E-state index in [1.165, 1.54) is 0 Å². The summed E-state index contributed by atoms with van der Waals surface area (Å²) >= 11 is 7.01. The van der Waals surface area contributed by atoms with Gasteiger partial charge < -0.3 is 5.32 Å². The van der Waals surface area contributed by atoms with Crippen molar-refractivity contribution in [2.45, 2.75) is 6.54 Å². The van der Waals surface area contributed by atoms with Crippen LogP contribution in [0.5, 0.6) is 0 Å². The van der Waals surface area contributed by atoms with E-state index in [-0.39, 0.29) is 0 Å². The van der Waals surface area contributed by atoms with E-state index in [4.69, 9.17) is 0 Å². The Morgan fingerprint density at radius 3 is 2.85 bits per heavy atom. The first kappa shape index (κ1) is 13.5. The Kier molecular flexibility index (Phi) is 3.93. The van der Waals surface area contributed by atoms with E-state index in [0.717, 1.165) is 31.2 Å². The minimum atomic E-state index is 0.671. The number of aromatic nitrogens is 3. The zero-order valence-corrected chi connectivity index (χ0v) is 13.5. The van der Waals surface area contributed by atoms with Gasteiger partial charge in [0, 0.05) is 33.3 Å². The highest BCUT2D eigenvalue weighted by molar-refractivity contribution is 9.11. The van der Waals surface area contributed by atoms with Crippen molar-refractivity contribution in [1.29, 1.82) is 0 Å². The quantitative estimate of drug-likeness (QED) is 0.725. The van der Waals surface area contributed by atoms with Crippen molar-refractivity contribution in [1.82, 2.24) is 15.0 Å². The lowest BCUT2D eigenvalue weighted by Gasteiger charge is -2.09. The zero-order valence-electron chi connectivity index (χ0n) is 10.3. The van der Waals surface area contributed by atoms with Crippen molar-refractivity contribution in [3.05, 3.63) is 57.5 Å². The second-order valence-corrected chi connectivity index (χ2v) is 5.99. The fourth-order valence-electron chi connectivity index (χ4n) is 1.92. The summed E-state index contributed by atoms with van der Waals surface area (Å²) in [6.07, 6.45) is 5.16. The molecular weight excluding hydrogens is 384 g/mol. The number of nitrogens with zero attached hydrogens (tertiary/aromatic N) is 3. The molecule has 0 aliphatic carbocycles. The third-order valence-corrected chi connectivity index (χ3v) is 3.90. The summed E-state index contributed by atoms with van der Waals surface area (Å²) in [6, 6.07) is 7.92. The molecule has 6 heteroatoms. The average Bonchev–Trinajstić information content (AvgIpc) is 2.46. The van der Waals surface area contributed by atoms with Crippen LogP contribution in [0.2, 0.25) is 0 Å². The predicted molar refractivity (Wildman–Crippen MR) is 86.5 cm³/mol. The molecule has 0 saturated heterocycles. The molecule has 1 aromatic carbocycles. The molecule has 0 amide bonds. The van der Waals surface area contributed by atoms with Crippen LogP contribution in [0.15, 0.2) is 51.9 Å². The van der Waals surface area contributed by atoms with Gasteiger partial charge in [0.25, 0.3) is 0 Å². The largest absolute Gasteiger partial charge is 0.365 e. The summed E-state index contributed by atoms with van der Waals surface area (Å²) < 4.78 is 1.92. The standard InChI is InChI=1S/C14H10Br2N4/c15-10-4-11-13(12(16)5-10)19-8-20-14(11)18-7-9-2-1-3-17-6-9/h1-6,8H,7H2,(H,18,19,20). The highest BCUT2D eigenvalue weighted by atomic mass is 79.9. The van der Waals surface area contributed by atoms with E-state index in [1.54, 1.807) is 12.5 Å². The fourth-order valence-corrected chi connectivity index (χ4v) is 3.25. The Bertz CT molecular complexity index is 747. The first-order valence-electron chi connectivity index (χ1n) is 5.96. The molecule has 0 aliphatic heterocycles. The van der Waals surface area contributed by atoms with Crippen LogP contribution in [0.1, 0.15) is 5.56 Å². The Morgan fingerprint density at radius 2 is 2.05 bits per heavy atom. The van der Waals surface area contributed by atoms with Gasteiger partial charge in [-0.2, -0.15) is 0 Å². The van der Waals surface area contributed by atoms with Crippen molar-refractivity contribution in [2.24, 2.45) is 0 Å². The van der Waals surface area contributed by atoms with Crippen molar-refractivity contribution in [2.75, 3.05) is 5.32 Å². The van der Waals surface area contributed by atoms with Gasteiger partial charge >= 0.3 is 0 Å². The van der Waals surface area contributed by atoms with E-state index in [2.05, 4.69) is 52.1 Å². The molecule has 1 N–H and O–H groups in total. The molecule has 0 radical (unpaired) electrons. The van der Waals surface area contributed by atoms with Gasteiger partial charge in [-0.25, -0.2) is 9.97 Å². The molecule has 3 aromatic rings. The maximum absolute atomic E-state index is 4.32. The van der Waals surface area contributed by atoms with Crippen LogP contribution in [0.3, 0.4) is 0 Å².